The zero-order valence-electron chi connectivity index (χ0n) is 16.1. The van der Waals surface area contributed by atoms with Gasteiger partial charge in [-0.15, -0.1) is 0 Å². The fraction of sp³-hybridized carbons (Fsp3) is 0.286. The van der Waals surface area contributed by atoms with E-state index in [1.165, 1.54) is 12.1 Å². The fourth-order valence-corrected chi connectivity index (χ4v) is 3.32. The lowest BCUT2D eigenvalue weighted by molar-refractivity contribution is -0.135. The molecule has 158 valence electrons. The number of carbonyl (C=O) groups excluding carboxylic acids is 1. The SMILES string of the molecule is O=C(O)c1ccc(OCC(=O)N2CCN(Cc3ccc(Cl)cc3)CC2)c(C(=O)O)c1. The summed E-state index contributed by atoms with van der Waals surface area (Å²) in [6.07, 6.45) is 0. The van der Waals surface area contributed by atoms with Crippen molar-refractivity contribution in [2.75, 3.05) is 32.8 Å². The van der Waals surface area contributed by atoms with Crippen molar-refractivity contribution in [1.82, 2.24) is 9.80 Å². The Balaban J connectivity index is 1.52. The molecular weight excluding hydrogens is 412 g/mol. The van der Waals surface area contributed by atoms with Crippen molar-refractivity contribution in [1.29, 1.82) is 0 Å². The molecule has 0 radical (unpaired) electrons. The monoisotopic (exact) mass is 432 g/mol. The van der Waals surface area contributed by atoms with Gasteiger partial charge in [-0.05, 0) is 35.9 Å². The van der Waals surface area contributed by atoms with E-state index in [4.69, 9.17) is 21.4 Å². The minimum Gasteiger partial charge on any atom is -0.483 e. The third-order valence-electron chi connectivity index (χ3n) is 4.85. The van der Waals surface area contributed by atoms with Crippen molar-refractivity contribution in [3.8, 4) is 5.75 Å². The molecule has 1 saturated heterocycles. The van der Waals surface area contributed by atoms with Crippen molar-refractivity contribution in [2.45, 2.75) is 6.54 Å². The highest BCUT2D eigenvalue weighted by Gasteiger charge is 2.22. The third kappa shape index (κ3) is 5.49. The minimum atomic E-state index is -1.32. The lowest BCUT2D eigenvalue weighted by Crippen LogP contribution is -2.49. The maximum atomic E-state index is 12.5. The highest BCUT2D eigenvalue weighted by atomic mass is 35.5. The average Bonchev–Trinajstić information content (AvgIpc) is 2.74. The summed E-state index contributed by atoms with van der Waals surface area (Å²) in [6, 6.07) is 11.2. The largest absolute Gasteiger partial charge is 0.483 e. The van der Waals surface area contributed by atoms with Gasteiger partial charge < -0.3 is 19.8 Å². The van der Waals surface area contributed by atoms with Crippen LogP contribution in [-0.4, -0.2) is 70.6 Å². The van der Waals surface area contributed by atoms with E-state index in [1.54, 1.807) is 4.90 Å². The number of aromatic carboxylic acids is 2. The second-order valence-electron chi connectivity index (χ2n) is 6.89. The van der Waals surface area contributed by atoms with Gasteiger partial charge in [0.05, 0.1) is 5.56 Å². The molecule has 0 spiro atoms. The first kappa shape index (κ1) is 21.6. The summed E-state index contributed by atoms with van der Waals surface area (Å²) in [6.45, 7) is 2.96. The van der Waals surface area contributed by atoms with Crippen LogP contribution in [0.1, 0.15) is 26.3 Å². The Morgan fingerprint density at radius 2 is 1.60 bits per heavy atom. The summed E-state index contributed by atoms with van der Waals surface area (Å²) >= 11 is 5.90. The van der Waals surface area contributed by atoms with Crippen LogP contribution in [0.4, 0.5) is 0 Å². The molecule has 2 aromatic carbocycles. The van der Waals surface area contributed by atoms with Crippen molar-refractivity contribution in [3.05, 3.63) is 64.2 Å². The number of carboxylic acid groups (broad SMARTS) is 2. The van der Waals surface area contributed by atoms with Gasteiger partial charge in [0.25, 0.3) is 5.91 Å². The average molecular weight is 433 g/mol. The minimum absolute atomic E-state index is 0.0396. The van der Waals surface area contributed by atoms with Gasteiger partial charge in [0.15, 0.2) is 6.61 Å². The molecule has 1 amide bonds. The molecule has 0 aromatic heterocycles. The molecule has 1 fully saturated rings. The van der Waals surface area contributed by atoms with Gasteiger partial charge in [-0.2, -0.15) is 0 Å². The van der Waals surface area contributed by atoms with Crippen LogP contribution in [0.25, 0.3) is 0 Å². The van der Waals surface area contributed by atoms with Crippen LogP contribution in [0.3, 0.4) is 0 Å². The normalized spacial score (nSPS) is 14.4. The number of benzene rings is 2. The van der Waals surface area contributed by atoms with E-state index in [0.29, 0.717) is 31.2 Å². The Hall–Kier alpha value is -3.10. The number of rotatable bonds is 7. The van der Waals surface area contributed by atoms with Crippen molar-refractivity contribution in [3.63, 3.8) is 0 Å². The summed E-state index contributed by atoms with van der Waals surface area (Å²) in [7, 11) is 0. The molecule has 0 atom stereocenters. The van der Waals surface area contributed by atoms with Crippen LogP contribution >= 0.6 is 11.6 Å². The maximum Gasteiger partial charge on any atom is 0.339 e. The van der Waals surface area contributed by atoms with Gasteiger partial charge >= 0.3 is 11.9 Å². The van der Waals surface area contributed by atoms with Crippen LogP contribution in [0.2, 0.25) is 5.02 Å². The molecule has 1 aliphatic rings. The first-order valence-electron chi connectivity index (χ1n) is 9.31. The van der Waals surface area contributed by atoms with E-state index in [-0.39, 0.29) is 29.4 Å². The van der Waals surface area contributed by atoms with E-state index in [2.05, 4.69) is 4.90 Å². The molecule has 0 saturated carbocycles. The molecule has 2 N–H and O–H groups in total. The zero-order chi connectivity index (χ0) is 21.7. The van der Waals surface area contributed by atoms with Gasteiger partial charge in [-0.3, -0.25) is 9.69 Å². The first-order chi connectivity index (χ1) is 14.3. The van der Waals surface area contributed by atoms with Gasteiger partial charge in [-0.25, -0.2) is 9.59 Å². The zero-order valence-corrected chi connectivity index (χ0v) is 16.8. The summed E-state index contributed by atoms with van der Waals surface area (Å²) < 4.78 is 5.39. The molecule has 0 unspecified atom stereocenters. The number of halogens is 1. The summed E-state index contributed by atoms with van der Waals surface area (Å²) in [5.41, 5.74) is 0.687. The van der Waals surface area contributed by atoms with Crippen LogP contribution in [-0.2, 0) is 11.3 Å². The highest BCUT2D eigenvalue weighted by Crippen LogP contribution is 2.21. The Bertz CT molecular complexity index is 939. The van der Waals surface area contributed by atoms with E-state index in [0.717, 1.165) is 18.2 Å². The number of hydrogen-bond acceptors (Lipinski definition) is 5. The van der Waals surface area contributed by atoms with E-state index < -0.39 is 11.9 Å². The molecule has 8 nitrogen and oxygen atoms in total. The predicted octanol–water partition coefficient (Wildman–Crippen LogP) is 2.46. The van der Waals surface area contributed by atoms with Crippen molar-refractivity contribution < 1.29 is 29.3 Å². The van der Waals surface area contributed by atoms with Crippen LogP contribution in [0.5, 0.6) is 5.75 Å². The number of piperazine rings is 1. The first-order valence-corrected chi connectivity index (χ1v) is 9.69. The lowest BCUT2D eigenvalue weighted by Gasteiger charge is -2.34. The predicted molar refractivity (Wildman–Crippen MR) is 109 cm³/mol. The molecule has 0 aliphatic carbocycles. The van der Waals surface area contributed by atoms with Crippen molar-refractivity contribution >= 4 is 29.4 Å². The number of amides is 1. The van der Waals surface area contributed by atoms with E-state index in [9.17, 15) is 19.5 Å². The second-order valence-corrected chi connectivity index (χ2v) is 7.33. The number of ether oxygens (including phenoxy) is 1. The van der Waals surface area contributed by atoms with Crippen LogP contribution in [0, 0.1) is 0 Å². The van der Waals surface area contributed by atoms with Gasteiger partial charge in [0, 0.05) is 37.7 Å². The molecular formula is C21H21ClN2O6. The molecule has 30 heavy (non-hydrogen) atoms. The highest BCUT2D eigenvalue weighted by molar-refractivity contribution is 6.30. The Morgan fingerprint density at radius 3 is 2.20 bits per heavy atom. The van der Waals surface area contributed by atoms with Gasteiger partial charge in [-0.1, -0.05) is 23.7 Å². The van der Waals surface area contributed by atoms with Crippen LogP contribution < -0.4 is 4.74 Å². The van der Waals surface area contributed by atoms with Crippen LogP contribution in [0.15, 0.2) is 42.5 Å². The Morgan fingerprint density at radius 1 is 0.933 bits per heavy atom. The summed E-state index contributed by atoms with van der Waals surface area (Å²) in [5, 5.41) is 19.0. The molecule has 1 aliphatic heterocycles. The molecule has 0 bridgehead atoms. The number of carboxylic acids is 2. The number of nitrogens with zero attached hydrogens (tertiary/aromatic N) is 2. The summed E-state index contributed by atoms with van der Waals surface area (Å²) in [4.78, 5) is 38.7. The summed E-state index contributed by atoms with van der Waals surface area (Å²) in [5.74, 6) is -2.85. The fourth-order valence-electron chi connectivity index (χ4n) is 3.19. The Labute approximate surface area is 178 Å². The third-order valence-corrected chi connectivity index (χ3v) is 5.10. The molecule has 9 heteroatoms. The number of hydrogen-bond donors (Lipinski definition) is 2. The standard InChI is InChI=1S/C21H21ClN2O6/c22-16-4-1-14(2-5-16)12-23-7-9-24(10-8-23)19(25)13-30-18-6-3-15(20(26)27)11-17(18)21(28)29/h1-6,11H,7-10,12-13H2,(H,26,27)(H,28,29). The lowest BCUT2D eigenvalue weighted by atomic mass is 10.1. The maximum absolute atomic E-state index is 12.5. The molecule has 2 aromatic rings. The number of carbonyl (C=O) groups is 3. The van der Waals surface area contributed by atoms with Crippen molar-refractivity contribution in [2.24, 2.45) is 0 Å². The topological polar surface area (TPSA) is 107 Å². The second kappa shape index (κ2) is 9.60. The quantitative estimate of drug-likeness (QED) is 0.691. The van der Waals surface area contributed by atoms with Gasteiger partial charge in [0.1, 0.15) is 11.3 Å². The Kier molecular flexibility index (Phi) is 6.91. The smallest absolute Gasteiger partial charge is 0.339 e. The van der Waals surface area contributed by atoms with E-state index in [1.807, 2.05) is 24.3 Å². The molecule has 1 heterocycles. The van der Waals surface area contributed by atoms with Gasteiger partial charge in [0.2, 0.25) is 0 Å². The van der Waals surface area contributed by atoms with E-state index >= 15 is 0 Å². The molecule has 3 rings (SSSR count).